The molecule has 2 rings (SSSR count). The molecule has 0 aliphatic heterocycles. The molecule has 23 heavy (non-hydrogen) atoms. The second kappa shape index (κ2) is 7.02. The number of carbonyl (C=O) groups is 1. The average Bonchev–Trinajstić information content (AvgIpc) is 2.50. The third-order valence-electron chi connectivity index (χ3n) is 3.20. The Kier molecular flexibility index (Phi) is 5.28. The molecule has 0 radical (unpaired) electrons. The molecule has 7 heteroatoms. The molecule has 0 saturated heterocycles. The zero-order chi connectivity index (χ0) is 17.0. The van der Waals surface area contributed by atoms with E-state index in [0.717, 1.165) is 11.1 Å². The fourth-order valence-electron chi connectivity index (χ4n) is 2.04. The maximum absolute atomic E-state index is 12.4. The van der Waals surface area contributed by atoms with Crippen LogP contribution in [0.25, 0.3) is 0 Å². The maximum atomic E-state index is 12.4. The topological polar surface area (TPSA) is 75.3 Å². The number of nitrogens with one attached hydrogen (secondary N) is 2. The minimum absolute atomic E-state index is 0.112. The van der Waals surface area contributed by atoms with Gasteiger partial charge in [0.25, 0.3) is 10.0 Å². The summed E-state index contributed by atoms with van der Waals surface area (Å²) in [5, 5.41) is 2.55. The summed E-state index contributed by atoms with van der Waals surface area (Å²) in [5.41, 5.74) is 2.93. The largest absolute Gasteiger partial charge is 0.325 e. The highest BCUT2D eigenvalue weighted by Gasteiger charge is 2.15. The van der Waals surface area contributed by atoms with E-state index in [-0.39, 0.29) is 16.7 Å². The highest BCUT2D eigenvalue weighted by Crippen LogP contribution is 2.21. The first-order valence-electron chi connectivity index (χ1n) is 6.88. The van der Waals surface area contributed by atoms with Crippen LogP contribution in [0.15, 0.2) is 47.4 Å². The Morgan fingerprint density at radius 1 is 1.09 bits per heavy atom. The Labute approximate surface area is 140 Å². The first kappa shape index (κ1) is 17.3. The quantitative estimate of drug-likeness (QED) is 0.811. The highest BCUT2D eigenvalue weighted by molar-refractivity contribution is 7.92. The predicted octanol–water partition coefficient (Wildman–Crippen LogP) is 3.28. The summed E-state index contributed by atoms with van der Waals surface area (Å²) in [7, 11) is -3.69. The first-order chi connectivity index (χ1) is 10.8. The lowest BCUT2D eigenvalue weighted by molar-refractivity contribution is -0.113. The second-order valence-corrected chi connectivity index (χ2v) is 7.08. The summed E-state index contributed by atoms with van der Waals surface area (Å²) in [4.78, 5) is 11.3. The lowest BCUT2D eigenvalue weighted by Crippen LogP contribution is -2.15. The molecule has 0 unspecified atom stereocenters. The van der Waals surface area contributed by atoms with Crippen molar-refractivity contribution in [1.82, 2.24) is 0 Å². The average molecular weight is 353 g/mol. The molecule has 0 heterocycles. The highest BCUT2D eigenvalue weighted by atomic mass is 35.5. The number of hydrogen-bond donors (Lipinski definition) is 2. The minimum Gasteiger partial charge on any atom is -0.325 e. The van der Waals surface area contributed by atoms with Crippen LogP contribution in [-0.2, 0) is 14.8 Å². The van der Waals surface area contributed by atoms with Crippen LogP contribution in [0.2, 0.25) is 0 Å². The van der Waals surface area contributed by atoms with Gasteiger partial charge in [0.15, 0.2) is 0 Å². The third-order valence-corrected chi connectivity index (χ3v) is 4.82. The van der Waals surface area contributed by atoms with Crippen molar-refractivity contribution in [3.05, 3.63) is 53.6 Å². The normalized spacial score (nSPS) is 11.1. The first-order valence-corrected chi connectivity index (χ1v) is 8.89. The lowest BCUT2D eigenvalue weighted by Gasteiger charge is -2.11. The van der Waals surface area contributed by atoms with Gasteiger partial charge in [-0.2, -0.15) is 0 Å². The van der Waals surface area contributed by atoms with Crippen LogP contribution in [0, 0.1) is 13.8 Å². The molecule has 1 amide bonds. The van der Waals surface area contributed by atoms with E-state index in [1.807, 2.05) is 26.0 Å². The van der Waals surface area contributed by atoms with Gasteiger partial charge >= 0.3 is 0 Å². The van der Waals surface area contributed by atoms with Crippen LogP contribution in [0.5, 0.6) is 0 Å². The number of rotatable bonds is 5. The van der Waals surface area contributed by atoms with Gasteiger partial charge in [-0.1, -0.05) is 17.7 Å². The van der Waals surface area contributed by atoms with E-state index < -0.39 is 10.0 Å². The number of anilines is 2. The van der Waals surface area contributed by atoms with E-state index in [0.29, 0.717) is 11.4 Å². The fraction of sp³-hybridized carbons (Fsp3) is 0.188. The summed E-state index contributed by atoms with van der Waals surface area (Å²) in [6.07, 6.45) is 0. The van der Waals surface area contributed by atoms with Gasteiger partial charge < -0.3 is 5.32 Å². The van der Waals surface area contributed by atoms with Gasteiger partial charge in [0.1, 0.15) is 5.88 Å². The molecule has 5 nitrogen and oxygen atoms in total. The molecule has 0 atom stereocenters. The number of halogens is 1. The van der Waals surface area contributed by atoms with Crippen LogP contribution in [0.1, 0.15) is 11.1 Å². The van der Waals surface area contributed by atoms with Crippen LogP contribution in [0.4, 0.5) is 11.4 Å². The zero-order valence-corrected chi connectivity index (χ0v) is 14.3. The van der Waals surface area contributed by atoms with Crippen LogP contribution < -0.4 is 10.0 Å². The smallest absolute Gasteiger partial charge is 0.261 e. The Balaban J connectivity index is 2.20. The van der Waals surface area contributed by atoms with Gasteiger partial charge in [0, 0.05) is 5.69 Å². The minimum atomic E-state index is -3.69. The van der Waals surface area contributed by atoms with Crippen molar-refractivity contribution in [2.24, 2.45) is 0 Å². The number of sulfonamides is 1. The lowest BCUT2D eigenvalue weighted by atomic mass is 10.1. The molecule has 0 fully saturated rings. The SMILES string of the molecule is Cc1ccc(NS(=O)(=O)c2ccc(NC(=O)CCl)cc2)c(C)c1. The molecular formula is C16H17ClN2O3S. The van der Waals surface area contributed by atoms with E-state index in [4.69, 9.17) is 11.6 Å². The molecule has 2 aromatic carbocycles. The Morgan fingerprint density at radius 3 is 2.30 bits per heavy atom. The van der Waals surface area contributed by atoms with E-state index in [1.165, 1.54) is 24.3 Å². The van der Waals surface area contributed by atoms with Crippen molar-refractivity contribution in [2.45, 2.75) is 18.7 Å². The Hall–Kier alpha value is -2.05. The zero-order valence-electron chi connectivity index (χ0n) is 12.8. The van der Waals surface area contributed by atoms with Crippen LogP contribution in [-0.4, -0.2) is 20.2 Å². The number of amides is 1. The summed E-state index contributed by atoms with van der Waals surface area (Å²) >= 11 is 5.40. The predicted molar refractivity (Wildman–Crippen MR) is 92.5 cm³/mol. The molecule has 122 valence electrons. The molecular weight excluding hydrogens is 336 g/mol. The maximum Gasteiger partial charge on any atom is 0.261 e. The number of carbonyl (C=O) groups excluding carboxylic acids is 1. The van der Waals surface area contributed by atoms with Crippen molar-refractivity contribution in [3.63, 3.8) is 0 Å². The molecule has 2 aromatic rings. The van der Waals surface area contributed by atoms with Crippen molar-refractivity contribution in [1.29, 1.82) is 0 Å². The molecule has 0 aliphatic rings. The third kappa shape index (κ3) is 4.46. The molecule has 2 N–H and O–H groups in total. The van der Waals surface area contributed by atoms with E-state index in [9.17, 15) is 13.2 Å². The van der Waals surface area contributed by atoms with Gasteiger partial charge in [0.05, 0.1) is 10.6 Å². The summed E-state index contributed by atoms with van der Waals surface area (Å²) in [5.74, 6) is -0.510. The second-order valence-electron chi connectivity index (χ2n) is 5.13. The van der Waals surface area contributed by atoms with Crippen molar-refractivity contribution >= 4 is 38.9 Å². The van der Waals surface area contributed by atoms with Gasteiger partial charge in [-0.3, -0.25) is 9.52 Å². The summed E-state index contributed by atoms with van der Waals surface area (Å²) in [6, 6.07) is 11.4. The number of aryl methyl sites for hydroxylation is 2. The number of benzene rings is 2. The molecule has 0 bridgehead atoms. The molecule has 0 aromatic heterocycles. The summed E-state index contributed by atoms with van der Waals surface area (Å²) < 4.78 is 27.4. The van der Waals surface area contributed by atoms with Crippen LogP contribution in [0.3, 0.4) is 0 Å². The van der Waals surface area contributed by atoms with E-state index in [2.05, 4.69) is 10.0 Å². The van der Waals surface area contributed by atoms with Gasteiger partial charge in [-0.05, 0) is 49.7 Å². The van der Waals surface area contributed by atoms with Crippen molar-refractivity contribution in [3.8, 4) is 0 Å². The monoisotopic (exact) mass is 352 g/mol. The van der Waals surface area contributed by atoms with Crippen molar-refractivity contribution in [2.75, 3.05) is 15.9 Å². The summed E-state index contributed by atoms with van der Waals surface area (Å²) in [6.45, 7) is 3.79. The van der Waals surface area contributed by atoms with E-state index >= 15 is 0 Å². The Morgan fingerprint density at radius 2 is 1.74 bits per heavy atom. The fourth-order valence-corrected chi connectivity index (χ4v) is 3.24. The van der Waals surface area contributed by atoms with Crippen LogP contribution >= 0.6 is 11.6 Å². The number of alkyl halides is 1. The molecule has 0 aliphatic carbocycles. The Bertz CT molecular complexity index is 818. The van der Waals surface area contributed by atoms with Gasteiger partial charge in [0.2, 0.25) is 5.91 Å². The van der Waals surface area contributed by atoms with Gasteiger partial charge in [-0.15, -0.1) is 11.6 Å². The standard InChI is InChI=1S/C16H17ClN2O3S/c1-11-3-8-15(12(2)9-11)19-23(21,22)14-6-4-13(5-7-14)18-16(20)10-17/h3-9,19H,10H2,1-2H3,(H,18,20). The molecule has 0 saturated carbocycles. The van der Waals surface area contributed by atoms with Gasteiger partial charge in [-0.25, -0.2) is 8.42 Å². The van der Waals surface area contributed by atoms with E-state index in [1.54, 1.807) is 6.07 Å². The number of hydrogen-bond acceptors (Lipinski definition) is 3. The molecule has 0 spiro atoms. The van der Waals surface area contributed by atoms with Crippen molar-refractivity contribution < 1.29 is 13.2 Å².